The average Bonchev–Trinajstić information content (AvgIpc) is 3.16. The fourth-order valence-corrected chi connectivity index (χ4v) is 4.34. The Hall–Kier alpha value is -2.89. The molecule has 4 rings (SSSR count). The number of hydrogen-bond acceptors (Lipinski definition) is 4. The van der Waals surface area contributed by atoms with Crippen molar-refractivity contribution >= 4 is 17.5 Å². The molecule has 0 N–H and O–H groups in total. The molecule has 0 atom stereocenters. The molecule has 1 spiro atoms. The van der Waals surface area contributed by atoms with Crippen LogP contribution in [0, 0.1) is 0 Å². The van der Waals surface area contributed by atoms with Gasteiger partial charge in [-0.05, 0) is 49.2 Å². The molecule has 1 saturated heterocycles. The Labute approximate surface area is 158 Å². The zero-order chi connectivity index (χ0) is 18.9. The molecule has 1 saturated carbocycles. The van der Waals surface area contributed by atoms with Crippen LogP contribution in [0.15, 0.2) is 48.7 Å². The monoisotopic (exact) mass is 365 g/mol. The number of hydrogen-bond donors (Lipinski definition) is 0. The second-order valence-electron chi connectivity index (χ2n) is 7.23. The lowest BCUT2D eigenvalue weighted by molar-refractivity contribution is -0.123. The molecule has 0 bridgehead atoms. The topological polar surface area (TPSA) is 62.7 Å². The van der Waals surface area contributed by atoms with Gasteiger partial charge in [0, 0.05) is 18.4 Å². The fourth-order valence-electron chi connectivity index (χ4n) is 4.34. The van der Waals surface area contributed by atoms with Gasteiger partial charge in [-0.3, -0.25) is 14.6 Å². The summed E-state index contributed by atoms with van der Waals surface area (Å²) in [5, 5.41) is 0. The third-order valence-corrected chi connectivity index (χ3v) is 5.57. The van der Waals surface area contributed by atoms with Crippen molar-refractivity contribution in [1.29, 1.82) is 0 Å². The van der Waals surface area contributed by atoms with E-state index in [0.29, 0.717) is 12.2 Å². The van der Waals surface area contributed by atoms with Gasteiger partial charge >= 0.3 is 0 Å². The number of methoxy groups -OCH3 is 1. The molecule has 1 aliphatic carbocycles. The van der Waals surface area contributed by atoms with Crippen molar-refractivity contribution in [2.45, 2.75) is 31.2 Å². The summed E-state index contributed by atoms with van der Waals surface area (Å²) in [6, 6.07) is 12.9. The molecule has 2 heterocycles. The second-order valence-corrected chi connectivity index (χ2v) is 7.23. The van der Waals surface area contributed by atoms with E-state index in [1.54, 1.807) is 36.4 Å². The van der Waals surface area contributed by atoms with E-state index in [9.17, 15) is 9.59 Å². The third kappa shape index (κ3) is 3.16. The standard InChI is InChI=1S/C21H23N3O3/c1-27-17-9-7-16(8-10-17)24-19(25)14-23(15-21(24)11-3-4-12-21)20(26)18-6-2-5-13-22-18/h2,5-10,13H,3-4,11-12,14-15H2,1H3. The zero-order valence-corrected chi connectivity index (χ0v) is 15.4. The highest BCUT2D eigenvalue weighted by Gasteiger charge is 2.49. The molecule has 1 aliphatic heterocycles. The molecule has 1 aromatic heterocycles. The lowest BCUT2D eigenvalue weighted by Gasteiger charge is -2.48. The number of piperazine rings is 1. The molecule has 6 nitrogen and oxygen atoms in total. The number of carbonyl (C=O) groups excluding carboxylic acids is 2. The number of amides is 2. The SMILES string of the molecule is COc1ccc(N2C(=O)CN(C(=O)c3ccccn3)CC23CCCC3)cc1. The lowest BCUT2D eigenvalue weighted by atomic mass is 9.90. The van der Waals surface area contributed by atoms with Crippen molar-refractivity contribution in [2.75, 3.05) is 25.1 Å². The van der Waals surface area contributed by atoms with Crippen molar-refractivity contribution in [3.8, 4) is 5.75 Å². The van der Waals surface area contributed by atoms with Crippen LogP contribution in [0.25, 0.3) is 0 Å². The van der Waals surface area contributed by atoms with Crippen LogP contribution in [-0.2, 0) is 4.79 Å². The Balaban J connectivity index is 1.65. The van der Waals surface area contributed by atoms with Gasteiger partial charge in [-0.25, -0.2) is 0 Å². The predicted molar refractivity (Wildman–Crippen MR) is 102 cm³/mol. The van der Waals surface area contributed by atoms with Crippen molar-refractivity contribution in [2.24, 2.45) is 0 Å². The van der Waals surface area contributed by atoms with Crippen LogP contribution in [0.4, 0.5) is 5.69 Å². The van der Waals surface area contributed by atoms with Crippen LogP contribution in [0.5, 0.6) is 5.75 Å². The number of pyridine rings is 1. The maximum Gasteiger partial charge on any atom is 0.272 e. The van der Waals surface area contributed by atoms with Gasteiger partial charge in [-0.1, -0.05) is 18.9 Å². The highest BCUT2D eigenvalue weighted by molar-refractivity contribution is 6.02. The van der Waals surface area contributed by atoms with Crippen LogP contribution in [0.1, 0.15) is 36.2 Å². The minimum Gasteiger partial charge on any atom is -0.497 e. The van der Waals surface area contributed by atoms with Crippen LogP contribution in [0.3, 0.4) is 0 Å². The number of ether oxygens (including phenoxy) is 1. The van der Waals surface area contributed by atoms with Gasteiger partial charge in [0.15, 0.2) is 0 Å². The van der Waals surface area contributed by atoms with E-state index in [-0.39, 0.29) is 23.9 Å². The summed E-state index contributed by atoms with van der Waals surface area (Å²) < 4.78 is 5.23. The number of anilines is 1. The summed E-state index contributed by atoms with van der Waals surface area (Å²) in [5.41, 5.74) is 0.915. The quantitative estimate of drug-likeness (QED) is 0.839. The van der Waals surface area contributed by atoms with Crippen LogP contribution in [0.2, 0.25) is 0 Å². The van der Waals surface area contributed by atoms with E-state index in [4.69, 9.17) is 4.74 Å². The van der Waals surface area contributed by atoms with E-state index in [2.05, 4.69) is 4.98 Å². The van der Waals surface area contributed by atoms with Gasteiger partial charge in [0.2, 0.25) is 5.91 Å². The molecule has 140 valence electrons. The predicted octanol–water partition coefficient (Wildman–Crippen LogP) is 2.89. The Bertz CT molecular complexity index is 830. The van der Waals surface area contributed by atoms with Gasteiger partial charge in [-0.15, -0.1) is 0 Å². The van der Waals surface area contributed by atoms with E-state index >= 15 is 0 Å². The van der Waals surface area contributed by atoms with Crippen LogP contribution in [-0.4, -0.2) is 47.4 Å². The first-order valence-electron chi connectivity index (χ1n) is 9.30. The lowest BCUT2D eigenvalue weighted by Crippen LogP contribution is -2.65. The first-order valence-corrected chi connectivity index (χ1v) is 9.30. The third-order valence-electron chi connectivity index (χ3n) is 5.57. The Morgan fingerprint density at radius 1 is 1.11 bits per heavy atom. The summed E-state index contributed by atoms with van der Waals surface area (Å²) >= 11 is 0. The van der Waals surface area contributed by atoms with Gasteiger partial charge < -0.3 is 14.5 Å². The first-order chi connectivity index (χ1) is 13.1. The molecule has 2 fully saturated rings. The number of carbonyl (C=O) groups is 2. The van der Waals surface area contributed by atoms with Crippen molar-refractivity contribution in [1.82, 2.24) is 9.88 Å². The number of aromatic nitrogens is 1. The molecule has 2 amide bonds. The van der Waals surface area contributed by atoms with Gasteiger partial charge in [0.05, 0.1) is 12.6 Å². The summed E-state index contributed by atoms with van der Waals surface area (Å²) in [4.78, 5) is 33.8. The van der Waals surface area contributed by atoms with Gasteiger partial charge in [-0.2, -0.15) is 0 Å². The molecule has 0 radical (unpaired) electrons. The molecule has 6 heteroatoms. The van der Waals surface area contributed by atoms with E-state index in [0.717, 1.165) is 37.1 Å². The minimum atomic E-state index is -0.339. The van der Waals surface area contributed by atoms with Crippen LogP contribution < -0.4 is 9.64 Å². The fraction of sp³-hybridized carbons (Fsp3) is 0.381. The number of rotatable bonds is 3. The molecule has 1 aromatic carbocycles. The van der Waals surface area contributed by atoms with Crippen LogP contribution >= 0.6 is 0 Å². The highest BCUT2D eigenvalue weighted by Crippen LogP contribution is 2.41. The normalized spacial score (nSPS) is 18.8. The van der Waals surface area contributed by atoms with Gasteiger partial charge in [0.1, 0.15) is 18.0 Å². The van der Waals surface area contributed by atoms with E-state index in [1.807, 2.05) is 29.2 Å². The van der Waals surface area contributed by atoms with E-state index in [1.165, 1.54) is 0 Å². The first kappa shape index (κ1) is 17.5. The Morgan fingerprint density at radius 3 is 2.48 bits per heavy atom. The molecule has 2 aliphatic rings. The molecular weight excluding hydrogens is 342 g/mol. The summed E-state index contributed by atoms with van der Waals surface area (Å²) in [6.45, 7) is 0.614. The number of benzene rings is 1. The Kier molecular flexibility index (Phi) is 4.56. The summed E-state index contributed by atoms with van der Waals surface area (Å²) in [7, 11) is 1.63. The Morgan fingerprint density at radius 2 is 1.85 bits per heavy atom. The van der Waals surface area contributed by atoms with Gasteiger partial charge in [0.25, 0.3) is 5.91 Å². The maximum atomic E-state index is 13.1. The van der Waals surface area contributed by atoms with Crippen molar-refractivity contribution < 1.29 is 14.3 Å². The smallest absolute Gasteiger partial charge is 0.272 e. The van der Waals surface area contributed by atoms with Crippen molar-refractivity contribution in [3.63, 3.8) is 0 Å². The average molecular weight is 365 g/mol. The summed E-state index contributed by atoms with van der Waals surface area (Å²) in [6.07, 6.45) is 5.53. The zero-order valence-electron chi connectivity index (χ0n) is 15.4. The molecule has 0 unspecified atom stereocenters. The second kappa shape index (κ2) is 7.02. The summed E-state index contributed by atoms with van der Waals surface area (Å²) in [5.74, 6) is 0.540. The largest absolute Gasteiger partial charge is 0.497 e. The highest BCUT2D eigenvalue weighted by atomic mass is 16.5. The van der Waals surface area contributed by atoms with E-state index < -0.39 is 0 Å². The number of nitrogens with zero attached hydrogens (tertiary/aromatic N) is 3. The maximum absolute atomic E-state index is 13.1. The van der Waals surface area contributed by atoms with Crippen molar-refractivity contribution in [3.05, 3.63) is 54.4 Å². The molecule has 2 aromatic rings. The molecule has 27 heavy (non-hydrogen) atoms. The minimum absolute atomic E-state index is 0.0439. The molecular formula is C21H23N3O3.